The van der Waals surface area contributed by atoms with Gasteiger partial charge in [0.1, 0.15) is 11.6 Å². The van der Waals surface area contributed by atoms with E-state index >= 15 is 0 Å². The molecule has 20 heavy (non-hydrogen) atoms. The molecule has 0 aliphatic rings. The predicted molar refractivity (Wildman–Crippen MR) is 85.6 cm³/mol. The van der Waals surface area contributed by atoms with E-state index in [1.54, 1.807) is 13.3 Å². The molecule has 1 heterocycles. The molecule has 0 radical (unpaired) electrons. The van der Waals surface area contributed by atoms with E-state index < -0.39 is 0 Å². The standard InChI is InChI=1S/C15H18BrN3O/c1-20-14-6-3-2-5-13(14)19(10-4-9-17)15-8-7-12(16)11-18-15/h2-3,5-8,11H,4,9-10,17H2,1H3. The fraction of sp³-hybridized carbons (Fsp3) is 0.267. The summed E-state index contributed by atoms with van der Waals surface area (Å²) in [6.45, 7) is 1.44. The van der Waals surface area contributed by atoms with Crippen molar-refractivity contribution in [2.75, 3.05) is 25.1 Å². The number of aromatic nitrogens is 1. The minimum Gasteiger partial charge on any atom is -0.495 e. The Balaban J connectivity index is 2.38. The van der Waals surface area contributed by atoms with Crippen LogP contribution in [0, 0.1) is 0 Å². The molecule has 4 nitrogen and oxygen atoms in total. The van der Waals surface area contributed by atoms with Gasteiger partial charge in [-0.3, -0.25) is 0 Å². The molecule has 0 amide bonds. The van der Waals surface area contributed by atoms with Crippen LogP contribution in [0.5, 0.6) is 5.75 Å². The van der Waals surface area contributed by atoms with E-state index in [0.717, 1.165) is 34.7 Å². The van der Waals surface area contributed by atoms with Crippen LogP contribution >= 0.6 is 15.9 Å². The van der Waals surface area contributed by atoms with Gasteiger partial charge in [0, 0.05) is 17.2 Å². The van der Waals surface area contributed by atoms with Gasteiger partial charge in [0.15, 0.2) is 0 Å². The van der Waals surface area contributed by atoms with Crippen molar-refractivity contribution in [1.82, 2.24) is 4.98 Å². The van der Waals surface area contributed by atoms with Crippen molar-refractivity contribution in [1.29, 1.82) is 0 Å². The highest BCUT2D eigenvalue weighted by atomic mass is 79.9. The normalized spacial score (nSPS) is 10.3. The third kappa shape index (κ3) is 3.49. The summed E-state index contributed by atoms with van der Waals surface area (Å²) in [7, 11) is 1.68. The Hall–Kier alpha value is -1.59. The molecule has 2 N–H and O–H groups in total. The van der Waals surface area contributed by atoms with Gasteiger partial charge in [-0.15, -0.1) is 0 Å². The summed E-state index contributed by atoms with van der Waals surface area (Å²) >= 11 is 3.41. The average molecular weight is 336 g/mol. The van der Waals surface area contributed by atoms with Gasteiger partial charge < -0.3 is 15.4 Å². The Labute approximate surface area is 127 Å². The van der Waals surface area contributed by atoms with Crippen LogP contribution in [0.25, 0.3) is 0 Å². The van der Waals surface area contributed by atoms with Crippen LogP contribution in [0.1, 0.15) is 6.42 Å². The molecule has 0 aliphatic carbocycles. The number of anilines is 2. The molecule has 106 valence electrons. The van der Waals surface area contributed by atoms with Gasteiger partial charge in [-0.05, 0) is 53.2 Å². The summed E-state index contributed by atoms with van der Waals surface area (Å²) in [5.74, 6) is 1.71. The molecule has 0 aliphatic heterocycles. The lowest BCUT2D eigenvalue weighted by atomic mass is 10.2. The van der Waals surface area contributed by atoms with Crippen molar-refractivity contribution in [3.8, 4) is 5.75 Å². The quantitative estimate of drug-likeness (QED) is 0.879. The highest BCUT2D eigenvalue weighted by Gasteiger charge is 2.14. The zero-order chi connectivity index (χ0) is 14.4. The van der Waals surface area contributed by atoms with Crippen LogP contribution in [0.15, 0.2) is 47.1 Å². The molecule has 0 atom stereocenters. The number of methoxy groups -OCH3 is 1. The molecule has 0 saturated heterocycles. The fourth-order valence-corrected chi connectivity index (χ4v) is 2.22. The molecule has 5 heteroatoms. The summed E-state index contributed by atoms with van der Waals surface area (Å²) in [5, 5.41) is 0. The topological polar surface area (TPSA) is 51.4 Å². The first-order chi connectivity index (χ1) is 9.76. The first-order valence-electron chi connectivity index (χ1n) is 6.48. The highest BCUT2D eigenvalue weighted by molar-refractivity contribution is 9.10. The average Bonchev–Trinajstić information content (AvgIpc) is 2.50. The summed E-state index contributed by atoms with van der Waals surface area (Å²) in [5.41, 5.74) is 6.64. The van der Waals surface area contributed by atoms with E-state index in [4.69, 9.17) is 10.5 Å². The molecule has 0 unspecified atom stereocenters. The maximum Gasteiger partial charge on any atom is 0.142 e. The molecular weight excluding hydrogens is 318 g/mol. The third-order valence-corrected chi connectivity index (χ3v) is 3.42. The first-order valence-corrected chi connectivity index (χ1v) is 7.27. The van der Waals surface area contributed by atoms with Gasteiger partial charge in [-0.1, -0.05) is 12.1 Å². The largest absolute Gasteiger partial charge is 0.495 e. The zero-order valence-electron chi connectivity index (χ0n) is 11.4. The van der Waals surface area contributed by atoms with E-state index in [2.05, 4.69) is 25.8 Å². The highest BCUT2D eigenvalue weighted by Crippen LogP contribution is 2.32. The summed E-state index contributed by atoms with van der Waals surface area (Å²) in [4.78, 5) is 6.59. The number of hydrogen-bond donors (Lipinski definition) is 1. The van der Waals surface area contributed by atoms with Crippen LogP contribution < -0.4 is 15.4 Å². The number of hydrogen-bond acceptors (Lipinski definition) is 4. The Morgan fingerprint density at radius 1 is 1.25 bits per heavy atom. The number of ether oxygens (including phenoxy) is 1. The second-order valence-electron chi connectivity index (χ2n) is 4.30. The smallest absolute Gasteiger partial charge is 0.142 e. The molecule has 2 aromatic rings. The predicted octanol–water partition coefficient (Wildman–Crippen LogP) is 3.34. The molecule has 2 rings (SSSR count). The minimum atomic E-state index is 0.641. The number of rotatable bonds is 6. The maximum atomic E-state index is 5.64. The molecule has 0 fully saturated rings. The Kier molecular flexibility index (Phi) is 5.38. The van der Waals surface area contributed by atoms with Gasteiger partial charge in [-0.2, -0.15) is 0 Å². The van der Waals surface area contributed by atoms with Gasteiger partial charge >= 0.3 is 0 Å². The van der Waals surface area contributed by atoms with Gasteiger partial charge in [0.05, 0.1) is 12.8 Å². The Bertz CT molecular complexity index is 545. The number of para-hydroxylation sites is 2. The van der Waals surface area contributed by atoms with Crippen molar-refractivity contribution >= 4 is 27.4 Å². The zero-order valence-corrected chi connectivity index (χ0v) is 13.0. The van der Waals surface area contributed by atoms with E-state index in [9.17, 15) is 0 Å². The van der Waals surface area contributed by atoms with E-state index in [1.807, 2.05) is 36.4 Å². The number of halogens is 1. The molecule has 1 aromatic heterocycles. The maximum absolute atomic E-state index is 5.64. The lowest BCUT2D eigenvalue weighted by Gasteiger charge is -2.25. The third-order valence-electron chi connectivity index (χ3n) is 2.95. The second-order valence-corrected chi connectivity index (χ2v) is 5.22. The number of nitrogens with zero attached hydrogens (tertiary/aromatic N) is 2. The summed E-state index contributed by atoms with van der Waals surface area (Å²) < 4.78 is 6.40. The molecule has 1 aromatic carbocycles. The Morgan fingerprint density at radius 2 is 2.05 bits per heavy atom. The number of pyridine rings is 1. The molecule has 0 saturated carbocycles. The van der Waals surface area contributed by atoms with Crippen molar-refractivity contribution in [2.45, 2.75) is 6.42 Å². The van der Waals surface area contributed by atoms with Crippen molar-refractivity contribution < 1.29 is 4.74 Å². The van der Waals surface area contributed by atoms with Crippen molar-refractivity contribution in [3.05, 3.63) is 47.1 Å². The van der Waals surface area contributed by atoms with E-state index in [1.165, 1.54) is 0 Å². The van der Waals surface area contributed by atoms with Crippen LogP contribution in [0.3, 0.4) is 0 Å². The summed E-state index contributed by atoms with van der Waals surface area (Å²) in [6, 6.07) is 11.9. The van der Waals surface area contributed by atoms with Crippen LogP contribution in [-0.4, -0.2) is 25.2 Å². The number of benzene rings is 1. The number of nitrogens with two attached hydrogens (primary N) is 1. The van der Waals surface area contributed by atoms with Crippen LogP contribution in [0.2, 0.25) is 0 Å². The fourth-order valence-electron chi connectivity index (χ4n) is 1.99. The van der Waals surface area contributed by atoms with Crippen LogP contribution in [0.4, 0.5) is 11.5 Å². The molecule has 0 bridgehead atoms. The van der Waals surface area contributed by atoms with Crippen LogP contribution in [-0.2, 0) is 0 Å². The van der Waals surface area contributed by atoms with Crippen molar-refractivity contribution in [2.24, 2.45) is 5.73 Å². The lowest BCUT2D eigenvalue weighted by Crippen LogP contribution is -2.22. The van der Waals surface area contributed by atoms with E-state index in [0.29, 0.717) is 6.54 Å². The minimum absolute atomic E-state index is 0.641. The first kappa shape index (κ1) is 14.8. The van der Waals surface area contributed by atoms with E-state index in [-0.39, 0.29) is 0 Å². The SMILES string of the molecule is COc1ccccc1N(CCCN)c1ccc(Br)cn1. The van der Waals surface area contributed by atoms with Gasteiger partial charge in [-0.25, -0.2) is 4.98 Å². The van der Waals surface area contributed by atoms with Gasteiger partial charge in [0.2, 0.25) is 0 Å². The van der Waals surface area contributed by atoms with Crippen molar-refractivity contribution in [3.63, 3.8) is 0 Å². The lowest BCUT2D eigenvalue weighted by molar-refractivity contribution is 0.415. The molecule has 0 spiro atoms. The Morgan fingerprint density at radius 3 is 2.70 bits per heavy atom. The summed E-state index contributed by atoms with van der Waals surface area (Å²) in [6.07, 6.45) is 2.68. The second kappa shape index (κ2) is 7.26. The van der Waals surface area contributed by atoms with Gasteiger partial charge in [0.25, 0.3) is 0 Å². The monoisotopic (exact) mass is 335 g/mol. The molecular formula is C15H18BrN3O.